The Balaban J connectivity index is 1.63. The van der Waals surface area contributed by atoms with Gasteiger partial charge in [0, 0.05) is 24.2 Å². The lowest BCUT2D eigenvalue weighted by Gasteiger charge is -2.45. The first-order valence-corrected chi connectivity index (χ1v) is 9.05. The van der Waals surface area contributed by atoms with Crippen LogP contribution in [0.4, 0.5) is 4.79 Å². The molecular weight excluding hydrogens is 300 g/mol. The van der Waals surface area contributed by atoms with Crippen LogP contribution < -0.4 is 5.32 Å². The van der Waals surface area contributed by atoms with E-state index in [1.165, 1.54) is 18.4 Å². The maximum atomic E-state index is 12.2. The molecular formula is C20H30N2O2. The average molecular weight is 330 g/mol. The van der Waals surface area contributed by atoms with Gasteiger partial charge in [-0.1, -0.05) is 30.3 Å². The Kier molecular flexibility index (Phi) is 4.60. The molecule has 0 aromatic heterocycles. The quantitative estimate of drug-likeness (QED) is 0.907. The minimum Gasteiger partial charge on any atom is -0.444 e. The van der Waals surface area contributed by atoms with Crippen LogP contribution in [0.5, 0.6) is 0 Å². The lowest BCUT2D eigenvalue weighted by Crippen LogP contribution is -2.57. The summed E-state index contributed by atoms with van der Waals surface area (Å²) in [6.45, 7) is 8.89. The SMILES string of the molecule is CC1(NC(=O)OC(C)(C)C)CC2CCC(C1)N2Cc1ccccc1. The molecule has 2 aliphatic heterocycles. The molecule has 2 atom stereocenters. The number of carbonyl (C=O) groups excluding carboxylic acids is 1. The first kappa shape index (κ1) is 17.3. The van der Waals surface area contributed by atoms with Crippen molar-refractivity contribution in [2.45, 2.75) is 83.1 Å². The third-order valence-corrected chi connectivity index (χ3v) is 5.15. The van der Waals surface area contributed by atoms with Crippen LogP contribution in [0, 0.1) is 0 Å². The Morgan fingerprint density at radius 1 is 1.21 bits per heavy atom. The van der Waals surface area contributed by atoms with Crippen molar-refractivity contribution in [1.29, 1.82) is 0 Å². The number of piperidine rings is 1. The molecule has 2 saturated heterocycles. The van der Waals surface area contributed by atoms with Gasteiger partial charge in [0.05, 0.1) is 0 Å². The summed E-state index contributed by atoms with van der Waals surface area (Å²) in [7, 11) is 0. The van der Waals surface area contributed by atoms with Crippen molar-refractivity contribution >= 4 is 6.09 Å². The molecule has 4 heteroatoms. The second-order valence-corrected chi connectivity index (χ2v) is 8.64. The van der Waals surface area contributed by atoms with E-state index in [9.17, 15) is 4.79 Å². The molecule has 2 bridgehead atoms. The Morgan fingerprint density at radius 3 is 2.33 bits per heavy atom. The first-order valence-electron chi connectivity index (χ1n) is 9.05. The highest BCUT2D eigenvalue weighted by Crippen LogP contribution is 2.41. The van der Waals surface area contributed by atoms with E-state index in [-0.39, 0.29) is 11.6 Å². The standard InChI is InChI=1S/C20H30N2O2/c1-19(2,3)24-18(23)21-20(4)12-16-10-11-17(13-20)22(16)14-15-8-6-5-7-9-15/h5-9,16-17H,10-14H2,1-4H3,(H,21,23). The van der Waals surface area contributed by atoms with Crippen molar-refractivity contribution in [1.82, 2.24) is 10.2 Å². The van der Waals surface area contributed by atoms with Gasteiger partial charge in [0.2, 0.25) is 0 Å². The second kappa shape index (κ2) is 6.40. The van der Waals surface area contributed by atoms with Crippen molar-refractivity contribution in [2.24, 2.45) is 0 Å². The van der Waals surface area contributed by atoms with Crippen LogP contribution in [0.15, 0.2) is 30.3 Å². The second-order valence-electron chi connectivity index (χ2n) is 8.64. The molecule has 1 aromatic rings. The summed E-state index contributed by atoms with van der Waals surface area (Å²) in [6, 6.07) is 11.8. The third kappa shape index (κ3) is 4.10. The van der Waals surface area contributed by atoms with E-state index in [1.54, 1.807) is 0 Å². The van der Waals surface area contributed by atoms with Crippen LogP contribution in [0.2, 0.25) is 0 Å². The summed E-state index contributed by atoms with van der Waals surface area (Å²) in [5.41, 5.74) is 0.757. The third-order valence-electron chi connectivity index (χ3n) is 5.15. The molecule has 132 valence electrons. The number of rotatable bonds is 3. The van der Waals surface area contributed by atoms with Gasteiger partial charge in [-0.05, 0) is 58.9 Å². The summed E-state index contributed by atoms with van der Waals surface area (Å²) in [4.78, 5) is 14.8. The number of benzene rings is 1. The highest BCUT2D eigenvalue weighted by Gasteiger charge is 2.46. The lowest BCUT2D eigenvalue weighted by atomic mass is 9.84. The molecule has 2 heterocycles. The van der Waals surface area contributed by atoms with E-state index in [2.05, 4.69) is 47.5 Å². The van der Waals surface area contributed by atoms with Gasteiger partial charge in [-0.25, -0.2) is 4.79 Å². The molecule has 1 amide bonds. The van der Waals surface area contributed by atoms with Gasteiger partial charge >= 0.3 is 6.09 Å². The fourth-order valence-corrected chi connectivity index (χ4v) is 4.28. The van der Waals surface area contributed by atoms with Gasteiger partial charge in [0.25, 0.3) is 0 Å². The summed E-state index contributed by atoms with van der Waals surface area (Å²) in [5.74, 6) is 0. The Labute approximate surface area is 145 Å². The number of hydrogen-bond acceptors (Lipinski definition) is 3. The molecule has 0 saturated carbocycles. The van der Waals surface area contributed by atoms with Crippen LogP contribution >= 0.6 is 0 Å². The van der Waals surface area contributed by atoms with E-state index in [0.29, 0.717) is 12.1 Å². The average Bonchev–Trinajstić information content (AvgIpc) is 2.71. The topological polar surface area (TPSA) is 41.6 Å². The number of carbonyl (C=O) groups is 1. The van der Waals surface area contributed by atoms with Crippen molar-refractivity contribution in [3.63, 3.8) is 0 Å². The molecule has 1 aromatic carbocycles. The zero-order valence-corrected chi connectivity index (χ0v) is 15.3. The number of nitrogens with one attached hydrogen (secondary N) is 1. The maximum absolute atomic E-state index is 12.2. The van der Waals surface area contributed by atoms with Crippen LogP contribution in [0.25, 0.3) is 0 Å². The van der Waals surface area contributed by atoms with Crippen LogP contribution in [0.3, 0.4) is 0 Å². The molecule has 0 aliphatic carbocycles. The minimum absolute atomic E-state index is 0.165. The molecule has 1 N–H and O–H groups in total. The van der Waals surface area contributed by atoms with E-state index >= 15 is 0 Å². The number of hydrogen-bond donors (Lipinski definition) is 1. The number of amides is 1. The molecule has 2 unspecified atom stereocenters. The van der Waals surface area contributed by atoms with E-state index in [1.807, 2.05) is 20.8 Å². The molecule has 2 aliphatic rings. The molecule has 4 nitrogen and oxygen atoms in total. The van der Waals surface area contributed by atoms with Crippen molar-refractivity contribution in [3.8, 4) is 0 Å². The number of nitrogens with zero attached hydrogens (tertiary/aromatic N) is 1. The fraction of sp³-hybridized carbons (Fsp3) is 0.650. The zero-order chi connectivity index (χ0) is 17.4. The highest BCUT2D eigenvalue weighted by molar-refractivity contribution is 5.68. The van der Waals surface area contributed by atoms with Gasteiger partial charge < -0.3 is 10.1 Å². The predicted molar refractivity (Wildman–Crippen MR) is 95.8 cm³/mol. The van der Waals surface area contributed by atoms with Gasteiger partial charge in [0.15, 0.2) is 0 Å². The van der Waals surface area contributed by atoms with Crippen molar-refractivity contribution in [2.75, 3.05) is 0 Å². The fourth-order valence-electron chi connectivity index (χ4n) is 4.28. The van der Waals surface area contributed by atoms with Gasteiger partial charge in [0.1, 0.15) is 5.60 Å². The molecule has 0 radical (unpaired) electrons. The number of ether oxygens (including phenoxy) is 1. The van der Waals surface area contributed by atoms with Crippen LogP contribution in [-0.2, 0) is 11.3 Å². The Hall–Kier alpha value is -1.55. The zero-order valence-electron chi connectivity index (χ0n) is 15.3. The number of alkyl carbamates (subject to hydrolysis) is 1. The largest absolute Gasteiger partial charge is 0.444 e. The normalized spacial score (nSPS) is 30.2. The van der Waals surface area contributed by atoms with Gasteiger partial charge in [-0.2, -0.15) is 0 Å². The lowest BCUT2D eigenvalue weighted by molar-refractivity contribution is 0.0298. The maximum Gasteiger partial charge on any atom is 0.408 e. The summed E-state index contributed by atoms with van der Waals surface area (Å²) >= 11 is 0. The van der Waals surface area contributed by atoms with Crippen LogP contribution in [0.1, 0.15) is 58.9 Å². The predicted octanol–water partition coefficient (Wildman–Crippen LogP) is 4.10. The smallest absolute Gasteiger partial charge is 0.408 e. The van der Waals surface area contributed by atoms with Gasteiger partial charge in [-0.15, -0.1) is 0 Å². The molecule has 24 heavy (non-hydrogen) atoms. The summed E-state index contributed by atoms with van der Waals surface area (Å²) < 4.78 is 5.46. The van der Waals surface area contributed by atoms with Crippen molar-refractivity contribution in [3.05, 3.63) is 35.9 Å². The molecule has 0 spiro atoms. The molecule has 3 rings (SSSR count). The Bertz CT molecular complexity index is 565. The Morgan fingerprint density at radius 2 is 1.79 bits per heavy atom. The first-order chi connectivity index (χ1) is 11.2. The summed E-state index contributed by atoms with van der Waals surface area (Å²) in [5, 5.41) is 3.15. The van der Waals surface area contributed by atoms with E-state index in [4.69, 9.17) is 4.74 Å². The van der Waals surface area contributed by atoms with Crippen molar-refractivity contribution < 1.29 is 9.53 Å². The highest BCUT2D eigenvalue weighted by atomic mass is 16.6. The molecule has 2 fully saturated rings. The van der Waals surface area contributed by atoms with Gasteiger partial charge in [-0.3, -0.25) is 4.90 Å². The monoisotopic (exact) mass is 330 g/mol. The number of fused-ring (bicyclic) bond motifs is 2. The summed E-state index contributed by atoms with van der Waals surface area (Å²) in [6.07, 6.45) is 4.15. The van der Waals surface area contributed by atoms with E-state index < -0.39 is 5.60 Å². The van der Waals surface area contributed by atoms with E-state index in [0.717, 1.165) is 19.4 Å². The van der Waals surface area contributed by atoms with Crippen LogP contribution in [-0.4, -0.2) is 34.2 Å². The minimum atomic E-state index is -0.451.